The van der Waals surface area contributed by atoms with Gasteiger partial charge in [-0.1, -0.05) is 19.8 Å². The number of thioether (sulfide) groups is 2. The standard InChI is InChI=1S/C12H23NO2S2/c1-2-3-4-10(7-12(14)15)13-11-8-16-5-6-17-9-11/h10-11,13H,2-9H2,1H3,(H,14,15)/t10-/m1/s1. The van der Waals surface area contributed by atoms with Gasteiger partial charge in [0.25, 0.3) is 0 Å². The maximum atomic E-state index is 10.8. The summed E-state index contributed by atoms with van der Waals surface area (Å²) < 4.78 is 0. The van der Waals surface area contributed by atoms with E-state index in [1.165, 1.54) is 11.5 Å². The summed E-state index contributed by atoms with van der Waals surface area (Å²) in [6.07, 6.45) is 3.48. The van der Waals surface area contributed by atoms with Crippen LogP contribution in [0, 0.1) is 0 Å². The van der Waals surface area contributed by atoms with Crippen LogP contribution in [0.3, 0.4) is 0 Å². The van der Waals surface area contributed by atoms with Gasteiger partial charge in [-0.25, -0.2) is 0 Å². The van der Waals surface area contributed by atoms with E-state index in [1.807, 2.05) is 23.5 Å². The average Bonchev–Trinajstić information content (AvgIpc) is 2.53. The molecule has 0 aromatic rings. The Morgan fingerprint density at radius 3 is 2.59 bits per heavy atom. The predicted molar refractivity (Wildman–Crippen MR) is 77.1 cm³/mol. The van der Waals surface area contributed by atoms with Gasteiger partial charge in [0.05, 0.1) is 6.42 Å². The van der Waals surface area contributed by atoms with E-state index in [1.54, 1.807) is 0 Å². The highest BCUT2D eigenvalue weighted by Crippen LogP contribution is 2.18. The van der Waals surface area contributed by atoms with Gasteiger partial charge in [0.1, 0.15) is 0 Å². The molecule has 1 heterocycles. The van der Waals surface area contributed by atoms with Crippen molar-refractivity contribution in [3.05, 3.63) is 0 Å². The van der Waals surface area contributed by atoms with Gasteiger partial charge in [-0.3, -0.25) is 4.79 Å². The monoisotopic (exact) mass is 277 g/mol. The van der Waals surface area contributed by atoms with Crippen LogP contribution in [-0.4, -0.2) is 46.2 Å². The molecule has 1 aliphatic heterocycles. The molecular formula is C12H23NO2S2. The van der Waals surface area contributed by atoms with E-state index in [0.29, 0.717) is 6.04 Å². The minimum Gasteiger partial charge on any atom is -0.481 e. The molecule has 0 spiro atoms. The van der Waals surface area contributed by atoms with E-state index in [0.717, 1.165) is 30.8 Å². The highest BCUT2D eigenvalue weighted by atomic mass is 32.2. The van der Waals surface area contributed by atoms with Crippen molar-refractivity contribution in [1.82, 2.24) is 5.32 Å². The SMILES string of the molecule is CCCC[C@H](CC(=O)O)NC1CSCCSC1. The van der Waals surface area contributed by atoms with E-state index >= 15 is 0 Å². The summed E-state index contributed by atoms with van der Waals surface area (Å²) in [5.41, 5.74) is 0. The summed E-state index contributed by atoms with van der Waals surface area (Å²) in [4.78, 5) is 10.8. The lowest BCUT2D eigenvalue weighted by molar-refractivity contribution is -0.137. The number of rotatable bonds is 7. The van der Waals surface area contributed by atoms with Crippen LogP contribution in [0.25, 0.3) is 0 Å². The summed E-state index contributed by atoms with van der Waals surface area (Å²) in [6.45, 7) is 2.15. The number of aliphatic carboxylic acids is 1. The van der Waals surface area contributed by atoms with Crippen LogP contribution in [0.5, 0.6) is 0 Å². The Hall–Kier alpha value is 0.130. The van der Waals surface area contributed by atoms with Crippen LogP contribution >= 0.6 is 23.5 Å². The molecule has 0 bridgehead atoms. The van der Waals surface area contributed by atoms with Gasteiger partial charge in [0, 0.05) is 35.1 Å². The first-order valence-electron chi connectivity index (χ1n) is 6.35. The number of carbonyl (C=O) groups is 1. The van der Waals surface area contributed by atoms with Crippen molar-refractivity contribution in [3.63, 3.8) is 0 Å². The highest BCUT2D eigenvalue weighted by molar-refractivity contribution is 8.03. The Labute approximate surface area is 112 Å². The van der Waals surface area contributed by atoms with E-state index in [4.69, 9.17) is 5.11 Å². The van der Waals surface area contributed by atoms with Gasteiger partial charge >= 0.3 is 5.97 Å². The fourth-order valence-electron chi connectivity index (χ4n) is 1.95. The van der Waals surface area contributed by atoms with Gasteiger partial charge in [0.15, 0.2) is 0 Å². The minimum absolute atomic E-state index is 0.150. The third kappa shape index (κ3) is 7.21. The summed E-state index contributed by atoms with van der Waals surface area (Å²) in [5, 5.41) is 12.5. The zero-order chi connectivity index (χ0) is 12.5. The summed E-state index contributed by atoms with van der Waals surface area (Å²) in [5.74, 6) is 4.00. The van der Waals surface area contributed by atoms with E-state index in [-0.39, 0.29) is 12.5 Å². The number of hydrogen-bond donors (Lipinski definition) is 2. The van der Waals surface area contributed by atoms with Crippen LogP contribution in [0.15, 0.2) is 0 Å². The first kappa shape index (κ1) is 15.2. The van der Waals surface area contributed by atoms with Crippen LogP contribution in [-0.2, 0) is 4.79 Å². The molecule has 0 amide bonds. The Bertz CT molecular complexity index is 219. The normalized spacial score (nSPS) is 19.8. The number of carboxylic acid groups (broad SMARTS) is 1. The molecule has 0 radical (unpaired) electrons. The lowest BCUT2D eigenvalue weighted by atomic mass is 10.1. The molecular weight excluding hydrogens is 254 g/mol. The molecule has 1 rings (SSSR count). The van der Waals surface area contributed by atoms with Crippen LogP contribution in [0.2, 0.25) is 0 Å². The maximum Gasteiger partial charge on any atom is 0.304 e. The molecule has 5 heteroatoms. The Morgan fingerprint density at radius 1 is 1.41 bits per heavy atom. The Kier molecular flexibility index (Phi) is 8.14. The molecule has 1 aliphatic rings. The largest absolute Gasteiger partial charge is 0.481 e. The zero-order valence-corrected chi connectivity index (χ0v) is 12.1. The molecule has 1 fully saturated rings. The summed E-state index contributed by atoms with van der Waals surface area (Å²) in [6, 6.07) is 0.630. The van der Waals surface area contributed by atoms with Gasteiger partial charge in [0.2, 0.25) is 0 Å². The van der Waals surface area contributed by atoms with Gasteiger partial charge in [-0.05, 0) is 6.42 Å². The highest BCUT2D eigenvalue weighted by Gasteiger charge is 2.19. The third-order valence-electron chi connectivity index (χ3n) is 2.81. The molecule has 2 N–H and O–H groups in total. The predicted octanol–water partition coefficient (Wildman–Crippen LogP) is 2.46. The molecule has 0 aliphatic carbocycles. The second kappa shape index (κ2) is 9.11. The molecule has 0 saturated carbocycles. The van der Waals surface area contributed by atoms with E-state index in [9.17, 15) is 4.79 Å². The molecule has 0 unspecified atom stereocenters. The molecule has 17 heavy (non-hydrogen) atoms. The Morgan fingerprint density at radius 2 is 2.06 bits per heavy atom. The van der Waals surface area contributed by atoms with Crippen molar-refractivity contribution in [2.45, 2.75) is 44.7 Å². The smallest absolute Gasteiger partial charge is 0.304 e. The molecule has 0 aromatic heterocycles. The third-order valence-corrected chi connectivity index (χ3v) is 5.33. The van der Waals surface area contributed by atoms with Crippen molar-refractivity contribution in [1.29, 1.82) is 0 Å². The molecule has 100 valence electrons. The van der Waals surface area contributed by atoms with Gasteiger partial charge < -0.3 is 10.4 Å². The average molecular weight is 277 g/mol. The molecule has 1 saturated heterocycles. The number of unbranched alkanes of at least 4 members (excludes halogenated alkanes) is 1. The lowest BCUT2D eigenvalue weighted by Gasteiger charge is -2.23. The molecule has 0 aromatic carbocycles. The first-order chi connectivity index (χ1) is 8.22. The van der Waals surface area contributed by atoms with Crippen molar-refractivity contribution in [3.8, 4) is 0 Å². The van der Waals surface area contributed by atoms with Crippen molar-refractivity contribution >= 4 is 29.5 Å². The second-order valence-electron chi connectivity index (χ2n) is 4.45. The zero-order valence-electron chi connectivity index (χ0n) is 10.5. The molecule has 1 atom stereocenters. The fraction of sp³-hybridized carbons (Fsp3) is 0.917. The van der Waals surface area contributed by atoms with Crippen LogP contribution in [0.4, 0.5) is 0 Å². The quantitative estimate of drug-likeness (QED) is 0.748. The second-order valence-corrected chi connectivity index (χ2v) is 6.75. The van der Waals surface area contributed by atoms with Crippen LogP contribution in [0.1, 0.15) is 32.6 Å². The fourth-order valence-corrected chi connectivity index (χ4v) is 4.37. The van der Waals surface area contributed by atoms with Crippen LogP contribution < -0.4 is 5.32 Å². The lowest BCUT2D eigenvalue weighted by Crippen LogP contribution is -2.42. The van der Waals surface area contributed by atoms with Crippen molar-refractivity contribution < 1.29 is 9.90 Å². The van der Waals surface area contributed by atoms with E-state index in [2.05, 4.69) is 12.2 Å². The number of carboxylic acids is 1. The number of nitrogens with one attached hydrogen (secondary N) is 1. The molecule has 3 nitrogen and oxygen atoms in total. The van der Waals surface area contributed by atoms with Crippen molar-refractivity contribution in [2.75, 3.05) is 23.0 Å². The maximum absolute atomic E-state index is 10.8. The van der Waals surface area contributed by atoms with Gasteiger partial charge in [-0.2, -0.15) is 23.5 Å². The minimum atomic E-state index is -0.687. The summed E-state index contributed by atoms with van der Waals surface area (Å²) in [7, 11) is 0. The van der Waals surface area contributed by atoms with Crippen molar-refractivity contribution in [2.24, 2.45) is 0 Å². The Balaban J connectivity index is 2.36. The summed E-state index contributed by atoms with van der Waals surface area (Å²) >= 11 is 3.96. The number of hydrogen-bond acceptors (Lipinski definition) is 4. The van der Waals surface area contributed by atoms with Gasteiger partial charge in [-0.15, -0.1) is 0 Å². The topological polar surface area (TPSA) is 49.3 Å². The first-order valence-corrected chi connectivity index (χ1v) is 8.66. The van der Waals surface area contributed by atoms with E-state index < -0.39 is 5.97 Å².